The molecule has 3 rings (SSSR count). The van der Waals surface area contributed by atoms with Crippen LogP contribution in [0.1, 0.15) is 25.0 Å². The number of halogens is 1. The second kappa shape index (κ2) is 7.32. The van der Waals surface area contributed by atoms with E-state index in [-0.39, 0.29) is 5.82 Å². The van der Waals surface area contributed by atoms with Crippen molar-refractivity contribution in [1.29, 1.82) is 0 Å². The minimum Gasteiger partial charge on any atom is -0.508 e. The van der Waals surface area contributed by atoms with Gasteiger partial charge in [-0.2, -0.15) is 0 Å². The Morgan fingerprint density at radius 1 is 1.08 bits per heavy atom. The molecule has 127 valence electrons. The fourth-order valence-corrected chi connectivity index (χ4v) is 3.25. The van der Waals surface area contributed by atoms with Crippen LogP contribution in [0.5, 0.6) is 5.75 Å². The number of hydrogen-bond donors (Lipinski definition) is 1. The van der Waals surface area contributed by atoms with E-state index >= 15 is 0 Å². The maximum absolute atomic E-state index is 13.0. The quantitative estimate of drug-likeness (QED) is 0.929. The number of aromatic hydroxyl groups is 1. The number of benzene rings is 2. The van der Waals surface area contributed by atoms with Gasteiger partial charge in [-0.25, -0.2) is 4.39 Å². The Bertz CT molecular complexity index is 674. The highest BCUT2D eigenvalue weighted by atomic mass is 19.1. The molecule has 0 amide bonds. The zero-order chi connectivity index (χ0) is 17.1. The summed E-state index contributed by atoms with van der Waals surface area (Å²) in [5, 5.41) is 9.61. The summed E-state index contributed by atoms with van der Waals surface area (Å²) in [5.41, 5.74) is 2.15. The van der Waals surface area contributed by atoms with Crippen LogP contribution in [0, 0.1) is 12.4 Å². The van der Waals surface area contributed by atoms with Gasteiger partial charge in [0.15, 0.2) is 0 Å². The molecule has 1 aliphatic rings. The molecule has 2 aromatic carbocycles. The van der Waals surface area contributed by atoms with Crippen molar-refractivity contribution in [1.82, 2.24) is 9.80 Å². The van der Waals surface area contributed by atoms with Gasteiger partial charge in [-0.1, -0.05) is 24.3 Å². The Balaban J connectivity index is 1.62. The summed E-state index contributed by atoms with van der Waals surface area (Å²) in [4.78, 5) is 4.77. The highest BCUT2D eigenvalue weighted by molar-refractivity contribution is 5.31. The molecule has 3 nitrogen and oxygen atoms in total. The van der Waals surface area contributed by atoms with Crippen molar-refractivity contribution in [2.75, 3.05) is 13.1 Å². The van der Waals surface area contributed by atoms with Crippen LogP contribution in [-0.4, -0.2) is 40.1 Å². The van der Waals surface area contributed by atoms with Crippen molar-refractivity contribution in [3.63, 3.8) is 0 Å². The molecule has 4 heteroatoms. The van der Waals surface area contributed by atoms with E-state index < -0.39 is 0 Å². The van der Waals surface area contributed by atoms with Gasteiger partial charge in [0.1, 0.15) is 11.6 Å². The van der Waals surface area contributed by atoms with E-state index in [4.69, 9.17) is 0 Å². The lowest BCUT2D eigenvalue weighted by atomic mass is 10.1. The van der Waals surface area contributed by atoms with Gasteiger partial charge in [-0.05, 0) is 49.2 Å². The molecule has 1 heterocycles. The first-order valence-electron chi connectivity index (χ1n) is 8.39. The van der Waals surface area contributed by atoms with Gasteiger partial charge in [-0.15, -0.1) is 0 Å². The molecule has 0 bridgehead atoms. The van der Waals surface area contributed by atoms with Gasteiger partial charge in [-0.3, -0.25) is 9.80 Å². The molecular formula is C20H24FN2O. The number of nitrogens with zero attached hydrogens (tertiary/aromatic N) is 2. The molecule has 2 atom stereocenters. The molecule has 1 radical (unpaired) electrons. The van der Waals surface area contributed by atoms with E-state index in [9.17, 15) is 9.50 Å². The summed E-state index contributed by atoms with van der Waals surface area (Å²) in [6, 6.07) is 14.9. The Kier molecular flexibility index (Phi) is 5.17. The lowest BCUT2D eigenvalue weighted by Crippen LogP contribution is -2.54. The molecule has 0 aromatic heterocycles. The van der Waals surface area contributed by atoms with Gasteiger partial charge in [0.05, 0.1) is 6.54 Å². The first kappa shape index (κ1) is 16.9. The third-order valence-electron chi connectivity index (χ3n) is 4.65. The van der Waals surface area contributed by atoms with Crippen LogP contribution in [0.25, 0.3) is 0 Å². The van der Waals surface area contributed by atoms with Crippen molar-refractivity contribution in [3.05, 3.63) is 72.0 Å². The highest BCUT2D eigenvalue weighted by Gasteiger charge is 2.29. The van der Waals surface area contributed by atoms with Gasteiger partial charge >= 0.3 is 0 Å². The van der Waals surface area contributed by atoms with Crippen molar-refractivity contribution in [2.45, 2.75) is 32.5 Å². The third-order valence-corrected chi connectivity index (χ3v) is 4.65. The van der Waals surface area contributed by atoms with Gasteiger partial charge in [0.2, 0.25) is 0 Å². The zero-order valence-corrected chi connectivity index (χ0v) is 14.2. The van der Waals surface area contributed by atoms with Crippen LogP contribution in [0.2, 0.25) is 0 Å². The fourth-order valence-electron chi connectivity index (χ4n) is 3.25. The van der Waals surface area contributed by atoms with Gasteiger partial charge < -0.3 is 5.11 Å². The highest BCUT2D eigenvalue weighted by Crippen LogP contribution is 2.22. The second-order valence-electron chi connectivity index (χ2n) is 6.67. The summed E-state index contributed by atoms with van der Waals surface area (Å²) in [7, 11) is 0. The monoisotopic (exact) mass is 327 g/mol. The van der Waals surface area contributed by atoms with E-state index in [1.165, 1.54) is 12.1 Å². The summed E-state index contributed by atoms with van der Waals surface area (Å²) < 4.78 is 13.0. The molecule has 1 saturated heterocycles. The van der Waals surface area contributed by atoms with Crippen molar-refractivity contribution < 1.29 is 9.50 Å². The number of phenolic OH excluding ortho intramolecular Hbond substituents is 1. The van der Waals surface area contributed by atoms with E-state index in [0.717, 1.165) is 30.8 Å². The molecule has 1 aliphatic heterocycles. The Morgan fingerprint density at radius 3 is 2.54 bits per heavy atom. The summed E-state index contributed by atoms with van der Waals surface area (Å²) in [6.07, 6.45) is 0. The largest absolute Gasteiger partial charge is 0.508 e. The molecule has 0 aliphatic carbocycles. The summed E-state index contributed by atoms with van der Waals surface area (Å²) >= 11 is 0. The van der Waals surface area contributed by atoms with E-state index in [1.807, 2.05) is 24.3 Å². The van der Waals surface area contributed by atoms with E-state index in [0.29, 0.717) is 17.8 Å². The Hall–Kier alpha value is -1.91. The predicted molar refractivity (Wildman–Crippen MR) is 93.9 cm³/mol. The van der Waals surface area contributed by atoms with Crippen LogP contribution in [-0.2, 0) is 6.54 Å². The molecule has 0 spiro atoms. The second-order valence-corrected chi connectivity index (χ2v) is 6.67. The smallest absolute Gasteiger partial charge is 0.123 e. The first-order valence-corrected chi connectivity index (χ1v) is 8.39. The molecule has 1 fully saturated rings. The summed E-state index contributed by atoms with van der Waals surface area (Å²) in [5.74, 6) is 0.102. The van der Waals surface area contributed by atoms with Crippen molar-refractivity contribution >= 4 is 0 Å². The maximum atomic E-state index is 13.0. The number of rotatable bonds is 4. The molecule has 0 unspecified atom stereocenters. The predicted octanol–water partition coefficient (Wildman–Crippen LogP) is 3.64. The van der Waals surface area contributed by atoms with Crippen LogP contribution >= 0.6 is 0 Å². The van der Waals surface area contributed by atoms with Crippen LogP contribution in [0.4, 0.5) is 4.39 Å². The van der Waals surface area contributed by atoms with Crippen molar-refractivity contribution in [2.24, 2.45) is 0 Å². The number of piperazine rings is 1. The van der Waals surface area contributed by atoms with Crippen LogP contribution < -0.4 is 0 Å². The maximum Gasteiger partial charge on any atom is 0.123 e. The zero-order valence-electron chi connectivity index (χ0n) is 14.2. The Labute approximate surface area is 143 Å². The molecular weight excluding hydrogens is 303 g/mol. The lowest BCUT2D eigenvalue weighted by Gasteiger charge is -2.44. The first-order chi connectivity index (χ1) is 11.5. The van der Waals surface area contributed by atoms with Crippen LogP contribution in [0.15, 0.2) is 48.5 Å². The fraction of sp³-hybridized carbons (Fsp3) is 0.350. The van der Waals surface area contributed by atoms with Crippen molar-refractivity contribution in [3.8, 4) is 5.75 Å². The standard InChI is InChI=1S/C20H24FN2O/c1-15-12-23(14-18-4-3-5-20(24)10-18)16(2)11-22(15)13-17-6-8-19(21)9-7-17/h3-10,14-16,24H,11-13H2,1-2H3/t15-,16+/m1/s1. The lowest BCUT2D eigenvalue weighted by molar-refractivity contribution is 0.0585. The van der Waals surface area contributed by atoms with Gasteiger partial charge in [0, 0.05) is 31.7 Å². The number of hydrogen-bond acceptors (Lipinski definition) is 3. The SMILES string of the molecule is C[C@@H]1CN([CH]c2cccc(O)c2)[C@@H](C)CN1Cc1ccc(F)cc1. The molecule has 1 N–H and O–H groups in total. The minimum absolute atomic E-state index is 0.189. The molecule has 0 saturated carbocycles. The third kappa shape index (κ3) is 4.13. The Morgan fingerprint density at radius 2 is 1.83 bits per heavy atom. The summed E-state index contributed by atoms with van der Waals surface area (Å²) in [6.45, 7) is 9.27. The van der Waals surface area contributed by atoms with E-state index in [2.05, 4.69) is 30.2 Å². The molecule has 2 aromatic rings. The van der Waals surface area contributed by atoms with E-state index in [1.54, 1.807) is 12.1 Å². The normalized spacial score (nSPS) is 22.6. The van der Waals surface area contributed by atoms with Gasteiger partial charge in [0.25, 0.3) is 0 Å². The molecule has 24 heavy (non-hydrogen) atoms. The number of phenols is 1. The topological polar surface area (TPSA) is 26.7 Å². The average molecular weight is 327 g/mol. The average Bonchev–Trinajstić information content (AvgIpc) is 2.54. The van der Waals surface area contributed by atoms with Crippen LogP contribution in [0.3, 0.4) is 0 Å². The minimum atomic E-state index is -0.189.